The molecule has 2 aliphatic carbocycles. The molecule has 3 aliphatic rings. The van der Waals surface area contributed by atoms with Crippen LogP contribution in [-0.2, 0) is 0 Å². The quantitative estimate of drug-likeness (QED) is 0.664. The summed E-state index contributed by atoms with van der Waals surface area (Å²) in [6, 6.07) is 8.58. The molecule has 0 amide bonds. The average Bonchev–Trinajstić information content (AvgIpc) is 3.44. The first-order chi connectivity index (χ1) is 10.8. The van der Waals surface area contributed by atoms with Crippen LogP contribution < -0.4 is 15.4 Å². The highest BCUT2D eigenvalue weighted by atomic mass is 16.5. The minimum atomic E-state index is 0.284. The van der Waals surface area contributed by atoms with Gasteiger partial charge in [0, 0.05) is 25.6 Å². The van der Waals surface area contributed by atoms with Crippen LogP contribution in [0.15, 0.2) is 29.3 Å². The predicted octanol–water partition coefficient (Wildman–Crippen LogP) is 2.87. The number of benzene rings is 1. The molecule has 1 heterocycles. The summed E-state index contributed by atoms with van der Waals surface area (Å²) in [4.78, 5) is 4.42. The molecule has 2 fully saturated rings. The second-order valence-electron chi connectivity index (χ2n) is 6.93. The number of para-hydroxylation sites is 1. The zero-order valence-corrected chi connectivity index (χ0v) is 13.3. The van der Waals surface area contributed by atoms with Crippen molar-refractivity contribution in [1.29, 1.82) is 0 Å². The van der Waals surface area contributed by atoms with Gasteiger partial charge in [-0.2, -0.15) is 0 Å². The fourth-order valence-corrected chi connectivity index (χ4v) is 3.70. The van der Waals surface area contributed by atoms with Crippen LogP contribution in [0.2, 0.25) is 0 Å². The van der Waals surface area contributed by atoms with Crippen LogP contribution >= 0.6 is 0 Å². The molecule has 0 spiro atoms. The third-order valence-corrected chi connectivity index (χ3v) is 5.44. The number of hydrogen-bond acceptors (Lipinski definition) is 2. The normalized spacial score (nSPS) is 25.9. The summed E-state index contributed by atoms with van der Waals surface area (Å²) in [5, 5.41) is 7.15. The number of aliphatic imine (C=N–C) groups is 1. The van der Waals surface area contributed by atoms with Gasteiger partial charge in [0.1, 0.15) is 5.75 Å². The summed E-state index contributed by atoms with van der Waals surface area (Å²) in [6.07, 6.45) is 6.62. The van der Waals surface area contributed by atoms with Gasteiger partial charge in [-0.25, -0.2) is 0 Å². The first-order valence-corrected chi connectivity index (χ1v) is 8.50. The number of nitrogens with one attached hydrogen (secondary N) is 2. The Kier molecular flexibility index (Phi) is 3.47. The van der Waals surface area contributed by atoms with Gasteiger partial charge >= 0.3 is 0 Å². The highest BCUT2D eigenvalue weighted by molar-refractivity contribution is 5.80. The third kappa shape index (κ3) is 2.67. The number of rotatable bonds is 4. The molecule has 118 valence electrons. The molecular weight excluding hydrogens is 274 g/mol. The average molecular weight is 299 g/mol. The van der Waals surface area contributed by atoms with Crippen LogP contribution in [0.1, 0.15) is 43.7 Å². The smallest absolute Gasteiger partial charge is 0.191 e. The standard InChI is InChI=1S/C18H25N3O/c1-19-17(20-12-18(9-10-18)13-6-7-13)21-15-8-11-22-16-5-3-2-4-14(15)16/h2-5,13,15H,6-12H2,1H3,(H2,19,20,21). The maximum absolute atomic E-state index is 5.73. The molecular formula is C18H25N3O. The summed E-state index contributed by atoms with van der Waals surface area (Å²) in [5.41, 5.74) is 1.82. The van der Waals surface area contributed by atoms with Gasteiger partial charge in [0.15, 0.2) is 5.96 Å². The molecule has 1 aromatic rings. The molecule has 1 aliphatic heterocycles. The van der Waals surface area contributed by atoms with E-state index in [0.717, 1.165) is 37.2 Å². The minimum absolute atomic E-state index is 0.284. The number of ether oxygens (including phenoxy) is 1. The molecule has 1 unspecified atom stereocenters. The van der Waals surface area contributed by atoms with E-state index in [4.69, 9.17) is 4.74 Å². The lowest BCUT2D eigenvalue weighted by molar-refractivity contribution is 0.261. The zero-order chi connectivity index (χ0) is 15.0. The van der Waals surface area contributed by atoms with Crippen molar-refractivity contribution in [2.45, 2.75) is 38.1 Å². The van der Waals surface area contributed by atoms with Crippen molar-refractivity contribution >= 4 is 5.96 Å². The van der Waals surface area contributed by atoms with Crippen LogP contribution in [0.3, 0.4) is 0 Å². The molecule has 4 heteroatoms. The van der Waals surface area contributed by atoms with Gasteiger partial charge in [0.25, 0.3) is 0 Å². The van der Waals surface area contributed by atoms with Crippen LogP contribution in [-0.4, -0.2) is 26.2 Å². The molecule has 1 aromatic carbocycles. The molecule has 22 heavy (non-hydrogen) atoms. The second kappa shape index (κ2) is 5.49. The Morgan fingerprint density at radius 2 is 2.09 bits per heavy atom. The molecule has 4 rings (SSSR count). The lowest BCUT2D eigenvalue weighted by atomic mass is 10.0. The van der Waals surface area contributed by atoms with E-state index in [2.05, 4.69) is 27.8 Å². The van der Waals surface area contributed by atoms with E-state index in [-0.39, 0.29) is 6.04 Å². The lowest BCUT2D eigenvalue weighted by Crippen LogP contribution is -2.43. The molecule has 2 N–H and O–H groups in total. The summed E-state index contributed by atoms with van der Waals surface area (Å²) in [5.74, 6) is 2.90. The van der Waals surface area contributed by atoms with Crippen molar-refractivity contribution < 1.29 is 4.74 Å². The molecule has 0 bridgehead atoms. The van der Waals surface area contributed by atoms with E-state index in [1.165, 1.54) is 31.2 Å². The Hall–Kier alpha value is -1.71. The largest absolute Gasteiger partial charge is 0.493 e. The van der Waals surface area contributed by atoms with Gasteiger partial charge in [-0.3, -0.25) is 4.99 Å². The van der Waals surface area contributed by atoms with Crippen molar-refractivity contribution in [2.24, 2.45) is 16.3 Å². The van der Waals surface area contributed by atoms with Crippen molar-refractivity contribution in [1.82, 2.24) is 10.6 Å². The Morgan fingerprint density at radius 1 is 1.27 bits per heavy atom. The van der Waals surface area contributed by atoms with Gasteiger partial charge in [0.05, 0.1) is 12.6 Å². The first kappa shape index (κ1) is 13.9. The SMILES string of the molecule is CN=C(NCC1(C2CC2)CC1)NC1CCOc2ccccc21. The van der Waals surface area contributed by atoms with E-state index >= 15 is 0 Å². The first-order valence-electron chi connectivity index (χ1n) is 8.50. The van der Waals surface area contributed by atoms with Crippen LogP contribution in [0, 0.1) is 11.3 Å². The van der Waals surface area contributed by atoms with E-state index in [1.807, 2.05) is 19.2 Å². The number of fused-ring (bicyclic) bond motifs is 1. The summed E-state index contributed by atoms with van der Waals surface area (Å²) >= 11 is 0. The van der Waals surface area contributed by atoms with Gasteiger partial charge < -0.3 is 15.4 Å². The monoisotopic (exact) mass is 299 g/mol. The van der Waals surface area contributed by atoms with E-state index in [1.54, 1.807) is 0 Å². The fraction of sp³-hybridized carbons (Fsp3) is 0.611. The third-order valence-electron chi connectivity index (χ3n) is 5.44. The van der Waals surface area contributed by atoms with Crippen molar-refractivity contribution in [3.05, 3.63) is 29.8 Å². The van der Waals surface area contributed by atoms with Crippen LogP contribution in [0.4, 0.5) is 0 Å². The Bertz CT molecular complexity index is 575. The second-order valence-corrected chi connectivity index (χ2v) is 6.93. The highest BCUT2D eigenvalue weighted by Gasteiger charge is 2.53. The van der Waals surface area contributed by atoms with Gasteiger partial charge in [0.2, 0.25) is 0 Å². The molecule has 0 saturated heterocycles. The Balaban J connectivity index is 1.39. The molecule has 2 saturated carbocycles. The molecule has 4 nitrogen and oxygen atoms in total. The summed E-state index contributed by atoms with van der Waals surface area (Å²) < 4.78 is 5.73. The summed E-state index contributed by atoms with van der Waals surface area (Å²) in [7, 11) is 1.86. The Morgan fingerprint density at radius 3 is 2.82 bits per heavy atom. The molecule has 1 atom stereocenters. The van der Waals surface area contributed by atoms with Gasteiger partial charge in [-0.15, -0.1) is 0 Å². The fourth-order valence-electron chi connectivity index (χ4n) is 3.70. The maximum atomic E-state index is 5.73. The number of nitrogens with zero attached hydrogens (tertiary/aromatic N) is 1. The molecule has 0 radical (unpaired) electrons. The van der Waals surface area contributed by atoms with E-state index in [0.29, 0.717) is 5.41 Å². The number of guanidine groups is 1. The highest BCUT2D eigenvalue weighted by Crippen LogP contribution is 2.60. The van der Waals surface area contributed by atoms with E-state index < -0.39 is 0 Å². The van der Waals surface area contributed by atoms with Gasteiger partial charge in [-0.05, 0) is 43.1 Å². The predicted molar refractivity (Wildman–Crippen MR) is 88.2 cm³/mol. The number of hydrogen-bond donors (Lipinski definition) is 2. The summed E-state index contributed by atoms with van der Waals surface area (Å²) in [6.45, 7) is 1.83. The minimum Gasteiger partial charge on any atom is -0.493 e. The lowest BCUT2D eigenvalue weighted by Gasteiger charge is -2.28. The van der Waals surface area contributed by atoms with Gasteiger partial charge in [-0.1, -0.05) is 18.2 Å². The topological polar surface area (TPSA) is 45.7 Å². The maximum Gasteiger partial charge on any atom is 0.191 e. The molecule has 0 aromatic heterocycles. The van der Waals surface area contributed by atoms with Crippen LogP contribution in [0.25, 0.3) is 0 Å². The zero-order valence-electron chi connectivity index (χ0n) is 13.3. The van der Waals surface area contributed by atoms with Crippen molar-refractivity contribution in [3.8, 4) is 5.75 Å². The van der Waals surface area contributed by atoms with E-state index in [9.17, 15) is 0 Å². The Labute approximate surface area is 132 Å². The van der Waals surface area contributed by atoms with Crippen LogP contribution in [0.5, 0.6) is 5.75 Å². The van der Waals surface area contributed by atoms with Crippen molar-refractivity contribution in [2.75, 3.05) is 20.2 Å². The van der Waals surface area contributed by atoms with Crippen molar-refractivity contribution in [3.63, 3.8) is 0 Å².